The second-order valence-corrected chi connectivity index (χ2v) is 7.96. The molecule has 0 aliphatic heterocycles. The van der Waals surface area contributed by atoms with Crippen molar-refractivity contribution >= 4 is 35.0 Å². The number of rotatable bonds is 10. The molecule has 0 saturated heterocycles. The van der Waals surface area contributed by atoms with Crippen molar-refractivity contribution in [3.8, 4) is 11.5 Å². The Morgan fingerprint density at radius 1 is 1.31 bits per heavy atom. The van der Waals surface area contributed by atoms with Gasteiger partial charge in [-0.2, -0.15) is 0 Å². The van der Waals surface area contributed by atoms with Crippen LogP contribution in [0.3, 0.4) is 0 Å². The van der Waals surface area contributed by atoms with Gasteiger partial charge in [-0.3, -0.25) is 9.36 Å². The molecule has 1 aromatic heterocycles. The molecule has 0 saturated carbocycles. The standard InChI is InChI=1S/C22H22ClFN4O3S/c1-4-11-28-21(14(2)31-19-8-6-5-7-18(19)30-3)26-27-22(28)32-13-20(29)25-17-10-9-15(24)12-16(17)23/h4-10,12,14H,1,11,13H2,2-3H3,(H,25,29). The maximum atomic E-state index is 13.2. The summed E-state index contributed by atoms with van der Waals surface area (Å²) in [5.74, 6) is 1.05. The number of hydrogen-bond acceptors (Lipinski definition) is 6. The van der Waals surface area contributed by atoms with Crippen LogP contribution in [0.1, 0.15) is 18.9 Å². The number of carbonyl (C=O) groups is 1. The highest BCUT2D eigenvalue weighted by Crippen LogP contribution is 2.31. The number of nitrogens with one attached hydrogen (secondary N) is 1. The van der Waals surface area contributed by atoms with Gasteiger partial charge in [0.25, 0.3) is 0 Å². The molecule has 32 heavy (non-hydrogen) atoms. The minimum absolute atomic E-state index is 0.0602. The smallest absolute Gasteiger partial charge is 0.234 e. The van der Waals surface area contributed by atoms with E-state index in [-0.39, 0.29) is 16.7 Å². The van der Waals surface area contributed by atoms with Crippen molar-refractivity contribution in [2.24, 2.45) is 0 Å². The molecule has 0 aliphatic carbocycles. The zero-order valence-corrected chi connectivity index (χ0v) is 19.1. The Labute approximate surface area is 194 Å². The molecule has 0 spiro atoms. The lowest BCUT2D eigenvalue weighted by Crippen LogP contribution is -2.16. The van der Waals surface area contributed by atoms with Crippen LogP contribution in [0, 0.1) is 5.82 Å². The van der Waals surface area contributed by atoms with E-state index in [9.17, 15) is 9.18 Å². The largest absolute Gasteiger partial charge is 0.493 e. The molecular formula is C22H22ClFN4O3S. The molecule has 0 radical (unpaired) electrons. The van der Waals surface area contributed by atoms with E-state index in [1.165, 1.54) is 23.9 Å². The van der Waals surface area contributed by atoms with Crippen LogP contribution in [-0.4, -0.2) is 33.5 Å². The normalized spacial score (nSPS) is 11.6. The zero-order chi connectivity index (χ0) is 23.1. The molecule has 10 heteroatoms. The number of amides is 1. The molecule has 7 nitrogen and oxygen atoms in total. The van der Waals surface area contributed by atoms with E-state index < -0.39 is 11.9 Å². The van der Waals surface area contributed by atoms with Gasteiger partial charge in [0, 0.05) is 6.54 Å². The Balaban J connectivity index is 1.69. The minimum Gasteiger partial charge on any atom is -0.493 e. The number of thioether (sulfide) groups is 1. The van der Waals surface area contributed by atoms with Gasteiger partial charge in [0.2, 0.25) is 5.91 Å². The van der Waals surface area contributed by atoms with E-state index >= 15 is 0 Å². The fourth-order valence-electron chi connectivity index (χ4n) is 2.87. The monoisotopic (exact) mass is 476 g/mol. The van der Waals surface area contributed by atoms with Gasteiger partial charge < -0.3 is 14.8 Å². The molecule has 3 rings (SSSR count). The third-order valence-electron chi connectivity index (χ3n) is 4.33. The fourth-order valence-corrected chi connectivity index (χ4v) is 3.84. The Morgan fingerprint density at radius 2 is 2.06 bits per heavy atom. The Morgan fingerprint density at radius 3 is 2.75 bits per heavy atom. The number of hydrogen-bond donors (Lipinski definition) is 1. The molecule has 2 aromatic carbocycles. The molecule has 0 aliphatic rings. The summed E-state index contributed by atoms with van der Waals surface area (Å²) in [6.07, 6.45) is 1.28. The van der Waals surface area contributed by atoms with Crippen LogP contribution in [0.5, 0.6) is 11.5 Å². The molecule has 1 unspecified atom stereocenters. The maximum absolute atomic E-state index is 13.2. The molecule has 1 amide bonds. The average molecular weight is 477 g/mol. The van der Waals surface area contributed by atoms with Crippen molar-refractivity contribution in [3.63, 3.8) is 0 Å². The summed E-state index contributed by atoms with van der Waals surface area (Å²) in [6, 6.07) is 11.1. The van der Waals surface area contributed by atoms with Gasteiger partial charge in [-0.1, -0.05) is 41.6 Å². The number of halogens is 2. The van der Waals surface area contributed by atoms with Crippen LogP contribution in [0.2, 0.25) is 5.02 Å². The summed E-state index contributed by atoms with van der Waals surface area (Å²) in [7, 11) is 1.58. The van der Waals surface area contributed by atoms with Gasteiger partial charge in [0.05, 0.1) is 23.6 Å². The first-order chi connectivity index (χ1) is 15.4. The topological polar surface area (TPSA) is 78.3 Å². The Kier molecular flexibility index (Phi) is 8.13. The number of para-hydroxylation sites is 2. The van der Waals surface area contributed by atoms with Crippen LogP contribution >= 0.6 is 23.4 Å². The number of carbonyl (C=O) groups excluding carboxylic acids is 1. The number of nitrogens with zero attached hydrogens (tertiary/aromatic N) is 3. The zero-order valence-electron chi connectivity index (χ0n) is 17.5. The minimum atomic E-state index is -0.475. The maximum Gasteiger partial charge on any atom is 0.234 e. The second kappa shape index (κ2) is 11.0. The quantitative estimate of drug-likeness (QED) is 0.322. The van der Waals surface area contributed by atoms with Crippen molar-refractivity contribution in [1.29, 1.82) is 0 Å². The first kappa shape index (κ1) is 23.6. The first-order valence-corrected chi connectivity index (χ1v) is 11.0. The Bertz CT molecular complexity index is 1110. The lowest BCUT2D eigenvalue weighted by atomic mass is 10.3. The Hall–Kier alpha value is -3.04. The third kappa shape index (κ3) is 5.80. The van der Waals surface area contributed by atoms with Crippen molar-refractivity contribution < 1.29 is 18.7 Å². The van der Waals surface area contributed by atoms with Crippen molar-refractivity contribution in [1.82, 2.24) is 14.8 Å². The van der Waals surface area contributed by atoms with Gasteiger partial charge in [0.1, 0.15) is 5.82 Å². The van der Waals surface area contributed by atoms with Gasteiger partial charge in [0.15, 0.2) is 28.6 Å². The third-order valence-corrected chi connectivity index (χ3v) is 5.61. The predicted octanol–water partition coefficient (Wildman–Crippen LogP) is 5.14. The number of anilines is 1. The molecule has 1 heterocycles. The predicted molar refractivity (Wildman–Crippen MR) is 123 cm³/mol. The average Bonchev–Trinajstić information content (AvgIpc) is 3.17. The van der Waals surface area contributed by atoms with Gasteiger partial charge in [-0.25, -0.2) is 4.39 Å². The highest BCUT2D eigenvalue weighted by Gasteiger charge is 2.21. The summed E-state index contributed by atoms with van der Waals surface area (Å²) >= 11 is 7.17. The summed E-state index contributed by atoms with van der Waals surface area (Å²) in [4.78, 5) is 12.3. The summed E-state index contributed by atoms with van der Waals surface area (Å²) in [5, 5.41) is 11.8. The van der Waals surface area contributed by atoms with E-state index in [1.807, 2.05) is 35.8 Å². The van der Waals surface area contributed by atoms with Crippen molar-refractivity contribution in [2.45, 2.75) is 24.7 Å². The lowest BCUT2D eigenvalue weighted by Gasteiger charge is -2.17. The summed E-state index contributed by atoms with van der Waals surface area (Å²) in [6.45, 7) is 6.08. The van der Waals surface area contributed by atoms with Crippen LogP contribution in [0.4, 0.5) is 10.1 Å². The molecule has 1 atom stereocenters. The van der Waals surface area contributed by atoms with Crippen molar-refractivity contribution in [2.75, 3.05) is 18.2 Å². The van der Waals surface area contributed by atoms with E-state index in [4.69, 9.17) is 21.1 Å². The van der Waals surface area contributed by atoms with Gasteiger partial charge in [-0.05, 0) is 37.3 Å². The van der Waals surface area contributed by atoms with Gasteiger partial charge in [-0.15, -0.1) is 16.8 Å². The van der Waals surface area contributed by atoms with Gasteiger partial charge >= 0.3 is 0 Å². The molecule has 0 bridgehead atoms. The fraction of sp³-hybridized carbons (Fsp3) is 0.227. The number of ether oxygens (including phenoxy) is 2. The SMILES string of the molecule is C=CCn1c(SCC(=O)Nc2ccc(F)cc2Cl)nnc1C(C)Oc1ccccc1OC. The highest BCUT2D eigenvalue weighted by atomic mass is 35.5. The summed E-state index contributed by atoms with van der Waals surface area (Å²) in [5.41, 5.74) is 0.339. The lowest BCUT2D eigenvalue weighted by molar-refractivity contribution is -0.113. The molecule has 3 aromatic rings. The molecular weight excluding hydrogens is 455 g/mol. The number of aromatic nitrogens is 3. The van der Waals surface area contributed by atoms with Crippen LogP contribution in [0.15, 0.2) is 60.3 Å². The molecule has 0 fully saturated rings. The number of allylic oxidation sites excluding steroid dienone is 1. The number of methoxy groups -OCH3 is 1. The van der Waals surface area contributed by atoms with E-state index in [0.29, 0.717) is 34.7 Å². The molecule has 168 valence electrons. The highest BCUT2D eigenvalue weighted by molar-refractivity contribution is 7.99. The first-order valence-electron chi connectivity index (χ1n) is 9.64. The van der Waals surface area contributed by atoms with Crippen LogP contribution in [0.25, 0.3) is 0 Å². The van der Waals surface area contributed by atoms with Crippen molar-refractivity contribution in [3.05, 3.63) is 71.8 Å². The van der Waals surface area contributed by atoms with Crippen LogP contribution < -0.4 is 14.8 Å². The van der Waals surface area contributed by atoms with Crippen LogP contribution in [-0.2, 0) is 11.3 Å². The van der Waals surface area contributed by atoms with E-state index in [2.05, 4.69) is 22.1 Å². The molecule has 1 N–H and O–H groups in total. The van der Waals surface area contributed by atoms with E-state index in [0.717, 1.165) is 6.07 Å². The number of benzene rings is 2. The van der Waals surface area contributed by atoms with E-state index in [1.54, 1.807) is 13.2 Å². The summed E-state index contributed by atoms with van der Waals surface area (Å²) < 4.78 is 26.4. The second-order valence-electron chi connectivity index (χ2n) is 6.61.